The molecule has 0 radical (unpaired) electrons. The number of carbonyl (C=O) groups is 1. The molecule has 1 aliphatic heterocycles. The van der Waals surface area contributed by atoms with Gasteiger partial charge in [-0.1, -0.05) is 24.3 Å². The van der Waals surface area contributed by atoms with Crippen LogP contribution < -0.4 is 5.63 Å². The topological polar surface area (TPSA) is 63.7 Å². The van der Waals surface area contributed by atoms with Crippen molar-refractivity contribution in [3.8, 4) is 0 Å². The molecule has 1 amide bonds. The number of hydrogen-bond acceptors (Lipinski definition) is 4. The van der Waals surface area contributed by atoms with E-state index in [1.54, 1.807) is 6.26 Å². The van der Waals surface area contributed by atoms with Crippen LogP contribution in [0.5, 0.6) is 0 Å². The first-order valence-corrected chi connectivity index (χ1v) is 10.7. The molecular formula is C26H25NO4. The molecule has 2 aromatic carbocycles. The molecule has 4 aromatic rings. The Kier molecular flexibility index (Phi) is 4.69. The highest BCUT2D eigenvalue weighted by molar-refractivity contribution is 5.99. The van der Waals surface area contributed by atoms with E-state index in [1.165, 1.54) is 11.1 Å². The minimum Gasteiger partial charge on any atom is -0.464 e. The average molecular weight is 415 g/mol. The molecule has 0 saturated carbocycles. The highest BCUT2D eigenvalue weighted by atomic mass is 16.4. The van der Waals surface area contributed by atoms with Gasteiger partial charge in [0.1, 0.15) is 11.2 Å². The fourth-order valence-electron chi connectivity index (χ4n) is 4.71. The zero-order valence-electron chi connectivity index (χ0n) is 18.1. The molecule has 3 heterocycles. The fraction of sp³-hybridized carbons (Fsp3) is 0.308. The van der Waals surface area contributed by atoms with Crippen LogP contribution in [0.3, 0.4) is 0 Å². The van der Waals surface area contributed by atoms with Gasteiger partial charge < -0.3 is 13.7 Å². The Morgan fingerprint density at radius 2 is 1.81 bits per heavy atom. The summed E-state index contributed by atoms with van der Waals surface area (Å²) < 4.78 is 11.4. The Labute approximate surface area is 180 Å². The Hall–Kier alpha value is -3.34. The number of benzene rings is 2. The number of hydrogen-bond donors (Lipinski definition) is 0. The Bertz CT molecular complexity index is 1390. The predicted molar refractivity (Wildman–Crippen MR) is 120 cm³/mol. The molecule has 0 bridgehead atoms. The van der Waals surface area contributed by atoms with Gasteiger partial charge in [-0.15, -0.1) is 0 Å². The van der Waals surface area contributed by atoms with Gasteiger partial charge in [-0.2, -0.15) is 0 Å². The summed E-state index contributed by atoms with van der Waals surface area (Å²) in [4.78, 5) is 27.6. The predicted octanol–water partition coefficient (Wildman–Crippen LogP) is 4.98. The van der Waals surface area contributed by atoms with Crippen LogP contribution >= 0.6 is 0 Å². The summed E-state index contributed by atoms with van der Waals surface area (Å²) in [6, 6.07) is 10.3. The molecule has 0 fully saturated rings. The summed E-state index contributed by atoms with van der Waals surface area (Å²) in [5.74, 6) is 0.0747. The maximum atomic E-state index is 12.9. The van der Waals surface area contributed by atoms with E-state index in [0.717, 1.165) is 46.0 Å². The van der Waals surface area contributed by atoms with Gasteiger partial charge >= 0.3 is 5.63 Å². The first kappa shape index (κ1) is 19.6. The lowest BCUT2D eigenvalue weighted by atomic mass is 9.97. The molecule has 0 saturated heterocycles. The van der Waals surface area contributed by atoms with Crippen molar-refractivity contribution >= 4 is 27.8 Å². The second-order valence-electron chi connectivity index (χ2n) is 8.50. The molecule has 5 heteroatoms. The number of carbonyl (C=O) groups excluding carboxylic acids is 1. The number of aryl methyl sites for hydroxylation is 3. The van der Waals surface area contributed by atoms with E-state index in [9.17, 15) is 9.59 Å². The van der Waals surface area contributed by atoms with Gasteiger partial charge in [0.25, 0.3) is 0 Å². The van der Waals surface area contributed by atoms with Gasteiger partial charge in [-0.05, 0) is 61.9 Å². The Morgan fingerprint density at radius 3 is 2.61 bits per heavy atom. The number of fused-ring (bicyclic) bond motifs is 3. The summed E-state index contributed by atoms with van der Waals surface area (Å²) in [6.45, 7) is 7.21. The average Bonchev–Trinajstić information content (AvgIpc) is 3.15. The second-order valence-corrected chi connectivity index (χ2v) is 8.50. The van der Waals surface area contributed by atoms with Gasteiger partial charge in [0.2, 0.25) is 5.91 Å². The van der Waals surface area contributed by atoms with Gasteiger partial charge in [0, 0.05) is 41.4 Å². The number of rotatable bonds is 3. The lowest BCUT2D eigenvalue weighted by Crippen LogP contribution is -2.36. The Balaban J connectivity index is 1.43. The minimum atomic E-state index is -0.368. The molecular weight excluding hydrogens is 390 g/mol. The van der Waals surface area contributed by atoms with Gasteiger partial charge in [-0.25, -0.2) is 4.79 Å². The molecule has 2 aromatic heterocycles. The SMILES string of the molecule is Cc1coc2c(C)c3oc(=O)c(CCC(=O)N4CCc5ccccc5C4)c(C)c3cc12. The van der Waals surface area contributed by atoms with Gasteiger partial charge in [0.05, 0.1) is 6.26 Å². The summed E-state index contributed by atoms with van der Waals surface area (Å²) in [5.41, 5.74) is 6.81. The van der Waals surface area contributed by atoms with Crippen LogP contribution in [0.2, 0.25) is 0 Å². The first-order valence-electron chi connectivity index (χ1n) is 10.7. The normalized spacial score (nSPS) is 13.7. The lowest BCUT2D eigenvalue weighted by Gasteiger charge is -2.29. The van der Waals surface area contributed by atoms with Crippen LogP contribution in [0.1, 0.15) is 39.8 Å². The molecule has 0 atom stereocenters. The van der Waals surface area contributed by atoms with Crippen LogP contribution in [-0.2, 0) is 24.2 Å². The van der Waals surface area contributed by atoms with Gasteiger partial charge in [-0.3, -0.25) is 4.79 Å². The quantitative estimate of drug-likeness (QED) is 0.443. The molecule has 1 aliphatic rings. The van der Waals surface area contributed by atoms with Crippen molar-refractivity contribution in [1.29, 1.82) is 0 Å². The maximum absolute atomic E-state index is 12.9. The lowest BCUT2D eigenvalue weighted by molar-refractivity contribution is -0.132. The first-order chi connectivity index (χ1) is 14.9. The van der Waals surface area contributed by atoms with Crippen molar-refractivity contribution in [3.05, 3.63) is 80.4 Å². The molecule has 0 spiro atoms. The molecule has 0 aliphatic carbocycles. The number of amides is 1. The number of furan rings is 1. The third kappa shape index (κ3) is 3.25. The molecule has 31 heavy (non-hydrogen) atoms. The molecule has 5 rings (SSSR count). The van der Waals surface area contributed by atoms with Crippen molar-refractivity contribution in [1.82, 2.24) is 4.90 Å². The molecule has 158 valence electrons. The van der Waals surface area contributed by atoms with Crippen molar-refractivity contribution < 1.29 is 13.6 Å². The summed E-state index contributed by atoms with van der Waals surface area (Å²) in [6.07, 6.45) is 3.27. The summed E-state index contributed by atoms with van der Waals surface area (Å²) >= 11 is 0. The Morgan fingerprint density at radius 1 is 1.03 bits per heavy atom. The van der Waals surface area contributed by atoms with Crippen LogP contribution in [-0.4, -0.2) is 17.4 Å². The van der Waals surface area contributed by atoms with E-state index in [2.05, 4.69) is 12.1 Å². The summed E-state index contributed by atoms with van der Waals surface area (Å²) in [5, 5.41) is 1.93. The van der Waals surface area contributed by atoms with E-state index in [4.69, 9.17) is 8.83 Å². The molecule has 0 N–H and O–H groups in total. The third-order valence-electron chi connectivity index (χ3n) is 6.61. The highest BCUT2D eigenvalue weighted by Crippen LogP contribution is 2.32. The van der Waals surface area contributed by atoms with Crippen molar-refractivity contribution in [2.75, 3.05) is 6.54 Å². The van der Waals surface area contributed by atoms with E-state index in [-0.39, 0.29) is 11.5 Å². The standard InChI is InChI=1S/C26H25NO4/c1-15-14-30-24-17(3)25-22(12-21(15)24)16(2)20(26(29)31-25)8-9-23(28)27-11-10-18-6-4-5-7-19(18)13-27/h4-7,12,14H,8-11,13H2,1-3H3. The monoisotopic (exact) mass is 415 g/mol. The summed E-state index contributed by atoms with van der Waals surface area (Å²) in [7, 11) is 0. The van der Waals surface area contributed by atoms with E-state index in [1.807, 2.05) is 43.9 Å². The van der Waals surface area contributed by atoms with E-state index >= 15 is 0 Å². The molecule has 5 nitrogen and oxygen atoms in total. The molecule has 0 unspecified atom stereocenters. The largest absolute Gasteiger partial charge is 0.464 e. The van der Waals surface area contributed by atoms with Crippen molar-refractivity contribution in [2.45, 2.75) is 46.6 Å². The van der Waals surface area contributed by atoms with Crippen LogP contribution in [0.4, 0.5) is 0 Å². The van der Waals surface area contributed by atoms with E-state index in [0.29, 0.717) is 30.5 Å². The van der Waals surface area contributed by atoms with Gasteiger partial charge in [0.15, 0.2) is 0 Å². The second kappa shape index (κ2) is 7.41. The zero-order valence-corrected chi connectivity index (χ0v) is 18.1. The minimum absolute atomic E-state index is 0.0747. The van der Waals surface area contributed by atoms with Crippen LogP contribution in [0.15, 0.2) is 50.2 Å². The maximum Gasteiger partial charge on any atom is 0.339 e. The number of nitrogens with zero attached hydrogens (tertiary/aromatic N) is 1. The highest BCUT2D eigenvalue weighted by Gasteiger charge is 2.22. The fourth-order valence-corrected chi connectivity index (χ4v) is 4.71. The van der Waals surface area contributed by atoms with Crippen LogP contribution in [0.25, 0.3) is 21.9 Å². The van der Waals surface area contributed by atoms with Crippen LogP contribution in [0, 0.1) is 20.8 Å². The van der Waals surface area contributed by atoms with Crippen molar-refractivity contribution in [2.24, 2.45) is 0 Å². The van der Waals surface area contributed by atoms with E-state index < -0.39 is 0 Å². The smallest absolute Gasteiger partial charge is 0.339 e. The van der Waals surface area contributed by atoms with Crippen molar-refractivity contribution in [3.63, 3.8) is 0 Å². The zero-order chi connectivity index (χ0) is 21.7. The third-order valence-corrected chi connectivity index (χ3v) is 6.61.